The average molecular weight is 244 g/mol. The number of fused-ring (bicyclic) bond motifs is 1. The summed E-state index contributed by atoms with van der Waals surface area (Å²) in [5.41, 5.74) is 2.33. The average Bonchev–Trinajstić information content (AvgIpc) is 2.43. The first-order valence-corrected chi connectivity index (χ1v) is 6.39. The summed E-state index contributed by atoms with van der Waals surface area (Å²) in [5.74, 6) is 0. The van der Waals surface area contributed by atoms with Crippen LogP contribution in [0.1, 0.15) is 18.9 Å². The van der Waals surface area contributed by atoms with Crippen LogP contribution in [-0.4, -0.2) is 24.7 Å². The van der Waals surface area contributed by atoms with Crippen molar-refractivity contribution in [3.8, 4) is 0 Å². The van der Waals surface area contributed by atoms with E-state index in [0.29, 0.717) is 6.04 Å². The Morgan fingerprint density at radius 2 is 2.22 bits per heavy atom. The molecule has 96 valence electrons. The van der Waals surface area contributed by atoms with Crippen molar-refractivity contribution >= 4 is 10.9 Å². The van der Waals surface area contributed by atoms with E-state index in [9.17, 15) is 0 Å². The molecule has 1 heterocycles. The second-order valence-electron chi connectivity index (χ2n) is 4.47. The number of nitrogens with one attached hydrogen (secondary N) is 1. The first kappa shape index (κ1) is 13.0. The molecular formula is C15H20N2O. The second kappa shape index (κ2) is 6.47. The monoisotopic (exact) mass is 244 g/mol. The molecule has 1 aromatic carbocycles. The Morgan fingerprint density at radius 1 is 1.33 bits per heavy atom. The minimum Gasteiger partial charge on any atom is -0.383 e. The minimum atomic E-state index is 0.416. The fourth-order valence-corrected chi connectivity index (χ4v) is 2.02. The van der Waals surface area contributed by atoms with Crippen LogP contribution in [0.15, 0.2) is 36.5 Å². The predicted octanol–water partition coefficient (Wildman–Crippen LogP) is 2.75. The van der Waals surface area contributed by atoms with E-state index in [-0.39, 0.29) is 0 Å². The lowest BCUT2D eigenvalue weighted by atomic mass is 10.1. The number of benzene rings is 1. The Kier molecular flexibility index (Phi) is 4.67. The molecule has 3 heteroatoms. The maximum atomic E-state index is 5.18. The Bertz CT molecular complexity index is 499. The standard InChI is InChI=1S/C15H20N2O/c1-3-14(11-18-2)17-10-12-6-7-15-13(9-12)5-4-8-16-15/h4-9,14,17H,3,10-11H2,1-2H3. The van der Waals surface area contributed by atoms with Gasteiger partial charge >= 0.3 is 0 Å². The molecule has 0 bridgehead atoms. The first-order chi connectivity index (χ1) is 8.83. The zero-order chi connectivity index (χ0) is 12.8. The van der Waals surface area contributed by atoms with Crippen LogP contribution in [0.5, 0.6) is 0 Å². The molecule has 3 nitrogen and oxygen atoms in total. The quantitative estimate of drug-likeness (QED) is 0.848. The molecule has 1 unspecified atom stereocenters. The maximum Gasteiger partial charge on any atom is 0.0702 e. The number of aromatic nitrogens is 1. The highest BCUT2D eigenvalue weighted by molar-refractivity contribution is 5.78. The lowest BCUT2D eigenvalue weighted by molar-refractivity contribution is 0.164. The van der Waals surface area contributed by atoms with Crippen LogP contribution >= 0.6 is 0 Å². The van der Waals surface area contributed by atoms with Gasteiger partial charge in [-0.25, -0.2) is 0 Å². The molecular weight excluding hydrogens is 224 g/mol. The largest absolute Gasteiger partial charge is 0.383 e. The summed E-state index contributed by atoms with van der Waals surface area (Å²) in [6.07, 6.45) is 2.90. The summed E-state index contributed by atoms with van der Waals surface area (Å²) < 4.78 is 5.18. The molecule has 0 saturated heterocycles. The van der Waals surface area contributed by atoms with E-state index >= 15 is 0 Å². The predicted molar refractivity (Wildman–Crippen MR) is 74.5 cm³/mol. The first-order valence-electron chi connectivity index (χ1n) is 6.39. The molecule has 1 atom stereocenters. The fourth-order valence-electron chi connectivity index (χ4n) is 2.02. The highest BCUT2D eigenvalue weighted by Gasteiger charge is 2.05. The van der Waals surface area contributed by atoms with Crippen molar-refractivity contribution in [2.75, 3.05) is 13.7 Å². The molecule has 0 radical (unpaired) electrons. The summed E-state index contributed by atoms with van der Waals surface area (Å²) in [6.45, 7) is 3.79. The van der Waals surface area contributed by atoms with Gasteiger partial charge in [0.15, 0.2) is 0 Å². The summed E-state index contributed by atoms with van der Waals surface area (Å²) in [4.78, 5) is 4.32. The van der Waals surface area contributed by atoms with Crippen molar-refractivity contribution in [2.45, 2.75) is 25.9 Å². The molecule has 0 aliphatic heterocycles. The van der Waals surface area contributed by atoms with E-state index in [0.717, 1.165) is 25.1 Å². The van der Waals surface area contributed by atoms with E-state index in [4.69, 9.17) is 4.74 Å². The number of hydrogen-bond donors (Lipinski definition) is 1. The smallest absolute Gasteiger partial charge is 0.0702 e. The third kappa shape index (κ3) is 3.28. The van der Waals surface area contributed by atoms with Gasteiger partial charge in [-0.3, -0.25) is 4.98 Å². The normalized spacial score (nSPS) is 12.8. The van der Waals surface area contributed by atoms with Crippen LogP contribution in [0.4, 0.5) is 0 Å². The zero-order valence-corrected chi connectivity index (χ0v) is 11.0. The lowest BCUT2D eigenvalue weighted by Crippen LogP contribution is -2.31. The zero-order valence-electron chi connectivity index (χ0n) is 11.0. The Balaban J connectivity index is 2.03. The van der Waals surface area contributed by atoms with E-state index in [2.05, 4.69) is 41.5 Å². The molecule has 0 spiro atoms. The number of pyridine rings is 1. The molecule has 0 aliphatic carbocycles. The van der Waals surface area contributed by atoms with Gasteiger partial charge in [0, 0.05) is 31.3 Å². The van der Waals surface area contributed by atoms with Gasteiger partial charge in [0.1, 0.15) is 0 Å². The molecule has 0 aliphatic rings. The van der Waals surface area contributed by atoms with E-state index in [1.54, 1.807) is 7.11 Å². The van der Waals surface area contributed by atoms with Crippen LogP contribution in [-0.2, 0) is 11.3 Å². The van der Waals surface area contributed by atoms with Crippen molar-refractivity contribution in [1.29, 1.82) is 0 Å². The van der Waals surface area contributed by atoms with Crippen LogP contribution < -0.4 is 5.32 Å². The highest BCUT2D eigenvalue weighted by atomic mass is 16.5. The van der Waals surface area contributed by atoms with Gasteiger partial charge in [0.2, 0.25) is 0 Å². The molecule has 2 aromatic rings. The van der Waals surface area contributed by atoms with Gasteiger partial charge in [-0.1, -0.05) is 19.1 Å². The van der Waals surface area contributed by atoms with Crippen molar-refractivity contribution in [1.82, 2.24) is 10.3 Å². The summed E-state index contributed by atoms with van der Waals surface area (Å²) >= 11 is 0. The van der Waals surface area contributed by atoms with Crippen LogP contribution in [0, 0.1) is 0 Å². The summed E-state index contributed by atoms with van der Waals surface area (Å²) in [5, 5.41) is 4.70. The molecule has 18 heavy (non-hydrogen) atoms. The molecule has 0 fully saturated rings. The SMILES string of the molecule is CCC(COC)NCc1ccc2ncccc2c1. The summed E-state index contributed by atoms with van der Waals surface area (Å²) in [6, 6.07) is 10.9. The number of hydrogen-bond acceptors (Lipinski definition) is 3. The topological polar surface area (TPSA) is 34.1 Å². The number of rotatable bonds is 6. The van der Waals surface area contributed by atoms with E-state index in [1.807, 2.05) is 12.3 Å². The van der Waals surface area contributed by atoms with E-state index < -0.39 is 0 Å². The van der Waals surface area contributed by atoms with Gasteiger partial charge in [-0.05, 0) is 30.2 Å². The van der Waals surface area contributed by atoms with Crippen molar-refractivity contribution in [3.05, 3.63) is 42.1 Å². The van der Waals surface area contributed by atoms with Gasteiger partial charge in [-0.2, -0.15) is 0 Å². The van der Waals surface area contributed by atoms with Gasteiger partial charge in [-0.15, -0.1) is 0 Å². The van der Waals surface area contributed by atoms with Crippen LogP contribution in [0.25, 0.3) is 10.9 Å². The Morgan fingerprint density at radius 3 is 3.00 bits per heavy atom. The molecule has 0 amide bonds. The molecule has 2 rings (SSSR count). The third-order valence-electron chi connectivity index (χ3n) is 3.12. The van der Waals surface area contributed by atoms with Gasteiger partial charge in [0.05, 0.1) is 12.1 Å². The number of ether oxygens (including phenoxy) is 1. The lowest BCUT2D eigenvalue weighted by Gasteiger charge is -2.16. The third-order valence-corrected chi connectivity index (χ3v) is 3.12. The van der Waals surface area contributed by atoms with Crippen LogP contribution in [0.2, 0.25) is 0 Å². The van der Waals surface area contributed by atoms with Gasteiger partial charge < -0.3 is 10.1 Å². The number of nitrogens with zero attached hydrogens (tertiary/aromatic N) is 1. The summed E-state index contributed by atoms with van der Waals surface area (Å²) in [7, 11) is 1.74. The second-order valence-corrected chi connectivity index (χ2v) is 4.47. The Labute approximate surface area is 108 Å². The fraction of sp³-hybridized carbons (Fsp3) is 0.400. The van der Waals surface area contributed by atoms with Crippen molar-refractivity contribution < 1.29 is 4.74 Å². The van der Waals surface area contributed by atoms with Gasteiger partial charge in [0.25, 0.3) is 0 Å². The van der Waals surface area contributed by atoms with E-state index in [1.165, 1.54) is 10.9 Å². The molecule has 1 aromatic heterocycles. The highest BCUT2D eigenvalue weighted by Crippen LogP contribution is 2.13. The maximum absolute atomic E-state index is 5.18. The van der Waals surface area contributed by atoms with Crippen molar-refractivity contribution in [2.24, 2.45) is 0 Å². The van der Waals surface area contributed by atoms with Crippen molar-refractivity contribution in [3.63, 3.8) is 0 Å². The number of methoxy groups -OCH3 is 1. The van der Waals surface area contributed by atoms with Crippen LogP contribution in [0.3, 0.4) is 0 Å². The minimum absolute atomic E-state index is 0.416. The Hall–Kier alpha value is -1.45. The molecule has 1 N–H and O–H groups in total. The molecule has 0 saturated carbocycles.